The summed E-state index contributed by atoms with van der Waals surface area (Å²) < 4.78 is 4.80. The Morgan fingerprint density at radius 3 is 3.23 bits per heavy atom. The Morgan fingerprint density at radius 1 is 1.77 bits per heavy atom. The number of ether oxygens (including phenoxy) is 1. The van der Waals surface area contributed by atoms with Gasteiger partial charge in [0, 0.05) is 4.88 Å². The lowest BCUT2D eigenvalue weighted by molar-refractivity contribution is 0.142. The quantitative estimate of drug-likeness (QED) is 0.745. The minimum absolute atomic E-state index is 0.0245. The Labute approximate surface area is 79.7 Å². The maximum absolute atomic E-state index is 10.8. The van der Waals surface area contributed by atoms with Crippen LogP contribution in [-0.4, -0.2) is 12.6 Å². The molecule has 0 fully saturated rings. The number of carbonyl (C=O) groups is 1. The molecule has 0 spiro atoms. The van der Waals surface area contributed by atoms with Gasteiger partial charge in [0.2, 0.25) is 0 Å². The van der Waals surface area contributed by atoms with E-state index in [0.717, 1.165) is 4.88 Å². The summed E-state index contributed by atoms with van der Waals surface area (Å²) >= 11 is 1.52. The van der Waals surface area contributed by atoms with Gasteiger partial charge in [0.1, 0.15) is 13.2 Å². The summed E-state index contributed by atoms with van der Waals surface area (Å²) in [5.74, 6) is 0. The Morgan fingerprint density at radius 2 is 2.62 bits per heavy atom. The summed E-state index contributed by atoms with van der Waals surface area (Å²) in [5, 5.41) is 12.3. The van der Waals surface area contributed by atoms with Crippen molar-refractivity contribution < 1.29 is 9.53 Å². The molecule has 68 valence electrons. The Balaban J connectivity index is 2.20. The number of thiophene rings is 1. The summed E-state index contributed by atoms with van der Waals surface area (Å²) in [6.07, 6.45) is -0.560. The topological polar surface area (TPSA) is 62.1 Å². The first-order valence-corrected chi connectivity index (χ1v) is 4.51. The standard InChI is InChI=1S/C8H8N2O2S/c9-3-4-10-8(11)12-6-7-2-1-5-13-7/h1-2,5H,4,6H2,(H,10,11). The van der Waals surface area contributed by atoms with Crippen molar-refractivity contribution >= 4 is 17.4 Å². The number of amides is 1. The molecule has 1 amide bonds. The van der Waals surface area contributed by atoms with Gasteiger partial charge in [-0.1, -0.05) is 6.07 Å². The first-order chi connectivity index (χ1) is 6.33. The molecule has 0 radical (unpaired) electrons. The molecule has 1 rings (SSSR count). The number of hydrogen-bond acceptors (Lipinski definition) is 4. The van der Waals surface area contributed by atoms with E-state index in [2.05, 4.69) is 5.32 Å². The van der Waals surface area contributed by atoms with E-state index in [1.54, 1.807) is 6.07 Å². The van der Waals surface area contributed by atoms with Crippen LogP contribution in [0.1, 0.15) is 4.88 Å². The van der Waals surface area contributed by atoms with Crippen LogP contribution in [-0.2, 0) is 11.3 Å². The first kappa shape index (κ1) is 9.55. The molecule has 0 aliphatic heterocycles. The predicted octanol–water partition coefficient (Wildman–Crippen LogP) is 1.50. The average Bonchev–Trinajstić information content (AvgIpc) is 2.64. The highest BCUT2D eigenvalue weighted by Crippen LogP contribution is 2.09. The van der Waals surface area contributed by atoms with Gasteiger partial charge in [0.05, 0.1) is 6.07 Å². The summed E-state index contributed by atoms with van der Waals surface area (Å²) in [6.45, 7) is 0.234. The van der Waals surface area contributed by atoms with Crippen LogP contribution in [0.3, 0.4) is 0 Å². The third-order valence-corrected chi connectivity index (χ3v) is 2.09. The van der Waals surface area contributed by atoms with Crippen LogP contribution in [0.5, 0.6) is 0 Å². The Kier molecular flexibility index (Phi) is 3.79. The fraction of sp³-hybridized carbons (Fsp3) is 0.250. The molecule has 1 N–H and O–H groups in total. The molecule has 0 bridgehead atoms. The molecular formula is C8H8N2O2S. The molecule has 0 saturated heterocycles. The van der Waals surface area contributed by atoms with E-state index >= 15 is 0 Å². The van der Waals surface area contributed by atoms with Gasteiger partial charge < -0.3 is 10.1 Å². The van der Waals surface area contributed by atoms with Crippen LogP contribution in [0.4, 0.5) is 4.79 Å². The third-order valence-electron chi connectivity index (χ3n) is 1.24. The van der Waals surface area contributed by atoms with Gasteiger partial charge in [0.25, 0.3) is 0 Å². The molecular weight excluding hydrogens is 188 g/mol. The highest BCUT2D eigenvalue weighted by atomic mass is 32.1. The molecule has 13 heavy (non-hydrogen) atoms. The van der Waals surface area contributed by atoms with E-state index in [-0.39, 0.29) is 13.2 Å². The van der Waals surface area contributed by atoms with E-state index in [1.165, 1.54) is 11.3 Å². The van der Waals surface area contributed by atoms with Crippen molar-refractivity contribution in [3.8, 4) is 6.07 Å². The highest BCUT2D eigenvalue weighted by Gasteiger charge is 2.00. The molecule has 0 aliphatic carbocycles. The molecule has 0 aromatic carbocycles. The molecule has 0 aliphatic rings. The maximum atomic E-state index is 10.8. The zero-order valence-electron chi connectivity index (χ0n) is 6.82. The van der Waals surface area contributed by atoms with E-state index < -0.39 is 6.09 Å². The number of carbonyl (C=O) groups excluding carboxylic acids is 1. The number of nitrogens with one attached hydrogen (secondary N) is 1. The van der Waals surface area contributed by atoms with Gasteiger partial charge in [-0.2, -0.15) is 5.26 Å². The van der Waals surface area contributed by atoms with E-state index in [9.17, 15) is 4.79 Å². The number of nitrogens with zero attached hydrogens (tertiary/aromatic N) is 1. The predicted molar refractivity (Wildman–Crippen MR) is 48.1 cm³/mol. The van der Waals surface area contributed by atoms with Gasteiger partial charge in [-0.3, -0.25) is 0 Å². The van der Waals surface area contributed by atoms with Crippen LogP contribution in [0, 0.1) is 11.3 Å². The molecule has 0 unspecified atom stereocenters. The molecule has 1 aromatic rings. The van der Waals surface area contributed by atoms with Crippen LogP contribution in [0.2, 0.25) is 0 Å². The second kappa shape index (κ2) is 5.17. The fourth-order valence-electron chi connectivity index (χ4n) is 0.694. The van der Waals surface area contributed by atoms with Crippen molar-refractivity contribution in [3.63, 3.8) is 0 Å². The number of alkyl carbamates (subject to hydrolysis) is 1. The molecule has 0 saturated carbocycles. The summed E-state index contributed by atoms with van der Waals surface area (Å²) in [4.78, 5) is 11.8. The second-order valence-electron chi connectivity index (χ2n) is 2.17. The lowest BCUT2D eigenvalue weighted by atomic mass is 10.5. The van der Waals surface area contributed by atoms with Gasteiger partial charge in [-0.15, -0.1) is 11.3 Å². The minimum atomic E-state index is -0.560. The SMILES string of the molecule is N#CCNC(=O)OCc1cccs1. The van der Waals surface area contributed by atoms with Gasteiger partial charge >= 0.3 is 6.09 Å². The Hall–Kier alpha value is -1.54. The van der Waals surface area contributed by atoms with Crippen molar-refractivity contribution in [2.75, 3.05) is 6.54 Å². The first-order valence-electron chi connectivity index (χ1n) is 3.63. The van der Waals surface area contributed by atoms with Gasteiger partial charge in [-0.05, 0) is 11.4 Å². The van der Waals surface area contributed by atoms with E-state index in [0.29, 0.717) is 0 Å². The van der Waals surface area contributed by atoms with Crippen LogP contribution in [0.25, 0.3) is 0 Å². The van der Waals surface area contributed by atoms with E-state index in [1.807, 2.05) is 17.5 Å². The van der Waals surface area contributed by atoms with Crippen molar-refractivity contribution in [3.05, 3.63) is 22.4 Å². The van der Waals surface area contributed by atoms with Crippen LogP contribution in [0.15, 0.2) is 17.5 Å². The highest BCUT2D eigenvalue weighted by molar-refractivity contribution is 7.09. The van der Waals surface area contributed by atoms with Crippen molar-refractivity contribution in [1.29, 1.82) is 5.26 Å². The van der Waals surface area contributed by atoms with Gasteiger partial charge in [-0.25, -0.2) is 4.79 Å². The van der Waals surface area contributed by atoms with E-state index in [4.69, 9.17) is 10.00 Å². The maximum Gasteiger partial charge on any atom is 0.408 e. The third kappa shape index (κ3) is 3.58. The van der Waals surface area contributed by atoms with Crippen molar-refractivity contribution in [2.24, 2.45) is 0 Å². The summed E-state index contributed by atoms with van der Waals surface area (Å²) in [5.41, 5.74) is 0. The number of rotatable bonds is 3. The average molecular weight is 196 g/mol. The Bertz CT molecular complexity index is 302. The minimum Gasteiger partial charge on any atom is -0.444 e. The largest absolute Gasteiger partial charge is 0.444 e. The van der Waals surface area contributed by atoms with Crippen molar-refractivity contribution in [2.45, 2.75) is 6.61 Å². The molecule has 5 heteroatoms. The zero-order chi connectivity index (χ0) is 9.52. The fourth-order valence-corrected chi connectivity index (χ4v) is 1.31. The van der Waals surface area contributed by atoms with Crippen molar-refractivity contribution in [1.82, 2.24) is 5.32 Å². The zero-order valence-corrected chi connectivity index (χ0v) is 7.63. The van der Waals surface area contributed by atoms with Crippen LogP contribution >= 0.6 is 11.3 Å². The molecule has 1 aromatic heterocycles. The summed E-state index contributed by atoms with van der Waals surface area (Å²) in [6, 6.07) is 5.55. The smallest absolute Gasteiger partial charge is 0.408 e. The number of nitriles is 1. The normalized spacial score (nSPS) is 8.85. The monoisotopic (exact) mass is 196 g/mol. The molecule has 1 heterocycles. The lowest BCUT2D eigenvalue weighted by Crippen LogP contribution is -2.24. The second-order valence-corrected chi connectivity index (χ2v) is 3.20. The van der Waals surface area contributed by atoms with Gasteiger partial charge in [0.15, 0.2) is 0 Å². The molecule has 4 nitrogen and oxygen atoms in total. The van der Waals surface area contributed by atoms with Crippen LogP contribution < -0.4 is 5.32 Å². The molecule has 0 atom stereocenters. The summed E-state index contributed by atoms with van der Waals surface area (Å²) in [7, 11) is 0. The number of hydrogen-bond donors (Lipinski definition) is 1. The lowest BCUT2D eigenvalue weighted by Gasteiger charge is -2.01.